The molecule has 0 aliphatic heterocycles. The van der Waals surface area contributed by atoms with E-state index < -0.39 is 0 Å². The number of rotatable bonds is 3. The van der Waals surface area contributed by atoms with E-state index in [0.29, 0.717) is 22.3 Å². The largest absolute Gasteiger partial charge is 0.387 e. The smallest absolute Gasteiger partial charge is 0.252 e. The summed E-state index contributed by atoms with van der Waals surface area (Å²) >= 11 is 11.7. The Labute approximate surface area is 102 Å². The van der Waals surface area contributed by atoms with Gasteiger partial charge in [0.2, 0.25) is 0 Å². The van der Waals surface area contributed by atoms with Gasteiger partial charge >= 0.3 is 0 Å². The van der Waals surface area contributed by atoms with Crippen LogP contribution in [-0.2, 0) is 13.0 Å². The molecule has 0 saturated heterocycles. The van der Waals surface area contributed by atoms with Gasteiger partial charge in [-0.1, -0.05) is 34.4 Å². The third-order valence-corrected chi connectivity index (χ3v) is 2.73. The van der Waals surface area contributed by atoms with E-state index in [-0.39, 0.29) is 12.5 Å². The molecule has 84 valence electrons. The molecule has 2 aromatic rings. The van der Waals surface area contributed by atoms with Crippen LogP contribution in [0.2, 0.25) is 10.0 Å². The van der Waals surface area contributed by atoms with Crippen molar-refractivity contribution in [3.8, 4) is 0 Å². The normalized spacial score (nSPS) is 10.7. The highest BCUT2D eigenvalue weighted by Gasteiger charge is 2.07. The Morgan fingerprint density at radius 1 is 1.25 bits per heavy atom. The van der Waals surface area contributed by atoms with Crippen molar-refractivity contribution in [3.63, 3.8) is 0 Å². The third-order valence-electron chi connectivity index (χ3n) is 1.99. The zero-order valence-electron chi connectivity index (χ0n) is 8.15. The minimum absolute atomic E-state index is 0.204. The topological polar surface area (TPSA) is 59.2 Å². The predicted molar refractivity (Wildman–Crippen MR) is 59.5 cm³/mol. The second-order valence-corrected chi connectivity index (χ2v) is 4.00. The molecule has 16 heavy (non-hydrogen) atoms. The fourth-order valence-electron chi connectivity index (χ4n) is 1.26. The first-order chi connectivity index (χ1) is 7.69. The van der Waals surface area contributed by atoms with Gasteiger partial charge in [-0.25, -0.2) is 0 Å². The summed E-state index contributed by atoms with van der Waals surface area (Å²) in [4.78, 5) is 3.97. The van der Waals surface area contributed by atoms with E-state index in [9.17, 15) is 0 Å². The number of hydrogen-bond donors (Lipinski definition) is 1. The van der Waals surface area contributed by atoms with Crippen molar-refractivity contribution in [2.24, 2.45) is 0 Å². The van der Waals surface area contributed by atoms with Crippen LogP contribution in [-0.4, -0.2) is 15.2 Å². The van der Waals surface area contributed by atoms with Crippen LogP contribution in [0.4, 0.5) is 0 Å². The average Bonchev–Trinajstić information content (AvgIpc) is 2.71. The molecule has 0 aliphatic rings. The van der Waals surface area contributed by atoms with Crippen molar-refractivity contribution in [1.82, 2.24) is 10.1 Å². The highest BCUT2D eigenvalue weighted by molar-refractivity contribution is 6.42. The molecule has 0 unspecified atom stereocenters. The van der Waals surface area contributed by atoms with E-state index >= 15 is 0 Å². The van der Waals surface area contributed by atoms with Crippen molar-refractivity contribution in [2.45, 2.75) is 13.0 Å². The molecule has 0 saturated carbocycles. The van der Waals surface area contributed by atoms with Crippen molar-refractivity contribution >= 4 is 23.2 Å². The van der Waals surface area contributed by atoms with Crippen LogP contribution in [0.15, 0.2) is 22.7 Å². The van der Waals surface area contributed by atoms with Crippen molar-refractivity contribution in [1.29, 1.82) is 0 Å². The van der Waals surface area contributed by atoms with Crippen LogP contribution < -0.4 is 0 Å². The Morgan fingerprint density at radius 3 is 2.69 bits per heavy atom. The Kier molecular flexibility index (Phi) is 3.43. The minimum Gasteiger partial charge on any atom is -0.387 e. The molecule has 2 rings (SSSR count). The molecule has 1 aromatic carbocycles. The number of nitrogens with zero attached hydrogens (tertiary/aromatic N) is 2. The first-order valence-electron chi connectivity index (χ1n) is 4.55. The highest BCUT2D eigenvalue weighted by Crippen LogP contribution is 2.23. The molecule has 1 heterocycles. The van der Waals surface area contributed by atoms with Crippen molar-refractivity contribution < 1.29 is 9.63 Å². The van der Waals surface area contributed by atoms with Gasteiger partial charge < -0.3 is 9.63 Å². The van der Waals surface area contributed by atoms with E-state index in [0.717, 1.165) is 5.56 Å². The molecular weight excluding hydrogens is 251 g/mol. The van der Waals surface area contributed by atoms with Gasteiger partial charge in [0.1, 0.15) is 6.61 Å². The maximum atomic E-state index is 8.76. The third kappa shape index (κ3) is 2.52. The van der Waals surface area contributed by atoms with Crippen molar-refractivity contribution in [2.75, 3.05) is 0 Å². The fraction of sp³-hybridized carbons (Fsp3) is 0.200. The minimum atomic E-state index is -0.256. The molecule has 0 amide bonds. The zero-order valence-corrected chi connectivity index (χ0v) is 9.66. The average molecular weight is 259 g/mol. The van der Waals surface area contributed by atoms with E-state index in [1.807, 2.05) is 6.07 Å². The van der Waals surface area contributed by atoms with Gasteiger partial charge in [0, 0.05) is 6.42 Å². The number of aliphatic hydroxyl groups excluding tert-OH is 1. The lowest BCUT2D eigenvalue weighted by Crippen LogP contribution is -1.91. The summed E-state index contributed by atoms with van der Waals surface area (Å²) in [6.45, 7) is -0.256. The van der Waals surface area contributed by atoms with Crippen LogP contribution in [0.3, 0.4) is 0 Å². The predicted octanol–water partition coefficient (Wildman–Crippen LogP) is 2.46. The van der Waals surface area contributed by atoms with E-state index in [4.69, 9.17) is 32.8 Å². The molecule has 0 spiro atoms. The quantitative estimate of drug-likeness (QED) is 0.919. The SMILES string of the molecule is OCc1nc(Cc2ccc(Cl)c(Cl)c2)no1. The monoisotopic (exact) mass is 258 g/mol. The van der Waals surface area contributed by atoms with E-state index in [1.165, 1.54) is 0 Å². The summed E-state index contributed by atoms with van der Waals surface area (Å²) in [5.41, 5.74) is 0.930. The first kappa shape index (κ1) is 11.4. The van der Waals surface area contributed by atoms with Gasteiger partial charge in [0.15, 0.2) is 5.82 Å². The molecule has 0 bridgehead atoms. The molecule has 0 aliphatic carbocycles. The van der Waals surface area contributed by atoms with Crippen LogP contribution in [0.25, 0.3) is 0 Å². The molecule has 4 nitrogen and oxygen atoms in total. The van der Waals surface area contributed by atoms with Crippen LogP contribution >= 0.6 is 23.2 Å². The van der Waals surface area contributed by atoms with Gasteiger partial charge in [-0.15, -0.1) is 0 Å². The van der Waals surface area contributed by atoms with Crippen LogP contribution in [0.5, 0.6) is 0 Å². The second kappa shape index (κ2) is 4.82. The molecule has 1 aromatic heterocycles. The molecular formula is C10H8Cl2N2O2. The summed E-state index contributed by atoms with van der Waals surface area (Å²) in [5, 5.41) is 13.5. The van der Waals surface area contributed by atoms with Crippen molar-refractivity contribution in [3.05, 3.63) is 45.5 Å². The van der Waals surface area contributed by atoms with E-state index in [1.54, 1.807) is 12.1 Å². The first-order valence-corrected chi connectivity index (χ1v) is 5.31. The Bertz CT molecular complexity index is 499. The summed E-state index contributed by atoms with van der Waals surface area (Å²) in [5.74, 6) is 0.706. The molecule has 0 radical (unpaired) electrons. The molecule has 6 heteroatoms. The van der Waals surface area contributed by atoms with E-state index in [2.05, 4.69) is 10.1 Å². The second-order valence-electron chi connectivity index (χ2n) is 3.19. The maximum Gasteiger partial charge on any atom is 0.252 e. The molecule has 0 atom stereocenters. The number of aliphatic hydroxyl groups is 1. The number of aromatic nitrogens is 2. The van der Waals surface area contributed by atoms with Gasteiger partial charge in [0.25, 0.3) is 5.89 Å². The fourth-order valence-corrected chi connectivity index (χ4v) is 1.58. The maximum absolute atomic E-state index is 8.76. The summed E-state index contributed by atoms with van der Waals surface area (Å²) in [6, 6.07) is 5.30. The summed E-state index contributed by atoms with van der Waals surface area (Å²) in [6.07, 6.45) is 0.486. The Morgan fingerprint density at radius 2 is 2.06 bits per heavy atom. The van der Waals surface area contributed by atoms with Gasteiger partial charge in [-0.2, -0.15) is 4.98 Å². The zero-order chi connectivity index (χ0) is 11.5. The van der Waals surface area contributed by atoms with Gasteiger partial charge in [-0.05, 0) is 17.7 Å². The number of benzene rings is 1. The summed E-state index contributed by atoms with van der Waals surface area (Å²) in [7, 11) is 0. The molecule has 1 N–H and O–H groups in total. The lowest BCUT2D eigenvalue weighted by Gasteiger charge is -1.99. The van der Waals surface area contributed by atoms with Crippen LogP contribution in [0, 0.1) is 0 Å². The number of halogens is 2. The Hall–Kier alpha value is -1.10. The van der Waals surface area contributed by atoms with Gasteiger partial charge in [-0.3, -0.25) is 0 Å². The van der Waals surface area contributed by atoms with Gasteiger partial charge in [0.05, 0.1) is 10.0 Å². The summed E-state index contributed by atoms with van der Waals surface area (Å²) < 4.78 is 4.77. The number of hydrogen-bond acceptors (Lipinski definition) is 4. The molecule has 0 fully saturated rings. The lowest BCUT2D eigenvalue weighted by atomic mass is 10.1. The van der Waals surface area contributed by atoms with Crippen LogP contribution in [0.1, 0.15) is 17.3 Å². The Balaban J connectivity index is 2.17. The lowest BCUT2D eigenvalue weighted by molar-refractivity contribution is 0.222. The standard InChI is InChI=1S/C10H8Cl2N2O2/c11-7-2-1-6(3-8(7)12)4-9-13-10(5-15)16-14-9/h1-3,15H,4-5H2. The highest BCUT2D eigenvalue weighted by atomic mass is 35.5.